The van der Waals surface area contributed by atoms with Gasteiger partial charge in [0.25, 0.3) is 0 Å². The predicted molar refractivity (Wildman–Crippen MR) is 104 cm³/mol. The number of sulfone groups is 1. The Morgan fingerprint density at radius 3 is 2.18 bits per heavy atom. The van der Waals surface area contributed by atoms with Gasteiger partial charge in [-0.25, -0.2) is 8.42 Å². The van der Waals surface area contributed by atoms with Crippen molar-refractivity contribution >= 4 is 15.6 Å². The minimum absolute atomic E-state index is 0.168. The highest BCUT2D eigenvalue weighted by Crippen LogP contribution is 2.80. The molecule has 5 atom stereocenters. The molecular formula is C22H28O5S. The molecule has 1 aromatic carbocycles. The van der Waals surface area contributed by atoms with Gasteiger partial charge in [0.15, 0.2) is 20.4 Å². The van der Waals surface area contributed by atoms with Gasteiger partial charge in [-0.1, -0.05) is 31.5 Å². The first-order valence-electron chi connectivity index (χ1n) is 10.1. The normalized spacial score (nSPS) is 44.9. The van der Waals surface area contributed by atoms with Gasteiger partial charge in [-0.3, -0.25) is 4.79 Å². The van der Waals surface area contributed by atoms with Crippen molar-refractivity contribution in [2.45, 2.75) is 80.8 Å². The molecule has 2 bridgehead atoms. The molecule has 2 saturated carbocycles. The zero-order chi connectivity index (χ0) is 20.5. The Kier molecular flexibility index (Phi) is 3.17. The van der Waals surface area contributed by atoms with Crippen molar-refractivity contribution < 1.29 is 23.1 Å². The van der Waals surface area contributed by atoms with Crippen LogP contribution in [-0.4, -0.2) is 41.4 Å². The van der Waals surface area contributed by atoms with Gasteiger partial charge < -0.3 is 9.84 Å². The molecule has 0 aromatic heterocycles. The lowest BCUT2D eigenvalue weighted by Gasteiger charge is -2.50. The summed E-state index contributed by atoms with van der Waals surface area (Å²) < 4.78 is 33.1. The largest absolute Gasteiger partial charge is 0.387 e. The highest BCUT2D eigenvalue weighted by atomic mass is 32.2. The van der Waals surface area contributed by atoms with Gasteiger partial charge in [0.1, 0.15) is 5.60 Å². The first-order valence-corrected chi connectivity index (χ1v) is 11.5. The van der Waals surface area contributed by atoms with Gasteiger partial charge in [-0.05, 0) is 52.2 Å². The molecule has 0 unspecified atom stereocenters. The zero-order valence-corrected chi connectivity index (χ0v) is 17.9. The number of ketones is 1. The van der Waals surface area contributed by atoms with Crippen LogP contribution < -0.4 is 0 Å². The molecule has 1 spiro atoms. The number of rotatable bonds is 2. The lowest BCUT2D eigenvalue weighted by atomic mass is 9.58. The van der Waals surface area contributed by atoms with E-state index in [0.717, 1.165) is 5.56 Å². The Bertz CT molecular complexity index is 1000. The van der Waals surface area contributed by atoms with Crippen molar-refractivity contribution in [3.63, 3.8) is 0 Å². The molecule has 2 heterocycles. The van der Waals surface area contributed by atoms with Crippen LogP contribution in [0.4, 0.5) is 0 Å². The molecule has 2 aliphatic carbocycles. The molecule has 1 aromatic rings. The van der Waals surface area contributed by atoms with Gasteiger partial charge >= 0.3 is 0 Å². The van der Waals surface area contributed by atoms with Gasteiger partial charge in [-0.15, -0.1) is 0 Å². The van der Waals surface area contributed by atoms with Crippen LogP contribution in [-0.2, 0) is 19.4 Å². The molecule has 5 nitrogen and oxygen atoms in total. The maximum Gasteiger partial charge on any atom is 0.194 e. The average molecular weight is 405 g/mol. The van der Waals surface area contributed by atoms with E-state index >= 15 is 0 Å². The van der Waals surface area contributed by atoms with Gasteiger partial charge in [0, 0.05) is 16.7 Å². The third kappa shape index (κ3) is 1.59. The fraction of sp³-hybridized carbons (Fsp3) is 0.682. The maximum absolute atomic E-state index is 14.2. The number of carbonyl (C=O) groups excluding carboxylic acids is 1. The molecule has 2 aliphatic heterocycles. The predicted octanol–water partition coefficient (Wildman–Crippen LogP) is 2.83. The smallest absolute Gasteiger partial charge is 0.194 e. The molecule has 2 saturated heterocycles. The summed E-state index contributed by atoms with van der Waals surface area (Å²) in [6, 6.07) is 6.73. The summed E-state index contributed by atoms with van der Waals surface area (Å²) in [6.45, 7) is 9.11. The summed E-state index contributed by atoms with van der Waals surface area (Å²) in [6.07, 6.45) is 1.12. The Labute approximate surface area is 166 Å². The highest BCUT2D eigenvalue weighted by Gasteiger charge is 2.93. The first-order chi connectivity index (χ1) is 12.8. The third-order valence-corrected chi connectivity index (χ3v) is 11.2. The molecule has 152 valence electrons. The summed E-state index contributed by atoms with van der Waals surface area (Å²) >= 11 is 0. The topological polar surface area (TPSA) is 80.7 Å². The van der Waals surface area contributed by atoms with E-state index in [0.29, 0.717) is 19.3 Å². The van der Waals surface area contributed by atoms with Crippen LogP contribution in [0.3, 0.4) is 0 Å². The zero-order valence-electron chi connectivity index (χ0n) is 17.1. The van der Waals surface area contributed by atoms with Gasteiger partial charge in [0.2, 0.25) is 0 Å². The summed E-state index contributed by atoms with van der Waals surface area (Å²) in [5.74, 6) is -0.801. The molecule has 28 heavy (non-hydrogen) atoms. The quantitative estimate of drug-likeness (QED) is 0.820. The number of aliphatic hydroxyl groups is 1. The van der Waals surface area contributed by atoms with E-state index in [4.69, 9.17) is 4.74 Å². The third-order valence-electron chi connectivity index (χ3n) is 8.58. The number of Topliss-reactive ketones (excluding diaryl/α,β-unsaturated/α-hetero) is 1. The van der Waals surface area contributed by atoms with E-state index in [1.807, 2.05) is 20.8 Å². The molecule has 5 rings (SSSR count). The Hall–Kier alpha value is -1.24. The van der Waals surface area contributed by atoms with E-state index in [1.165, 1.54) is 0 Å². The fourth-order valence-corrected chi connectivity index (χ4v) is 9.84. The number of hydrogen-bond donors (Lipinski definition) is 1. The molecule has 0 amide bonds. The van der Waals surface area contributed by atoms with Crippen LogP contribution >= 0.6 is 0 Å². The fourth-order valence-electron chi connectivity index (χ4n) is 7.09. The SMILES string of the molecule is Cc1ccc(S(=O)(=O)[C@@]23C(=O)C(C)(C)C[C@@H]2[C@H]2O[C@]3(C)C3(CC3)[C@@]2(C)O)cc1. The number of ether oxygens (including phenoxy) is 1. The summed E-state index contributed by atoms with van der Waals surface area (Å²) in [4.78, 5) is 14.1. The molecular weight excluding hydrogens is 376 g/mol. The monoisotopic (exact) mass is 404 g/mol. The Morgan fingerprint density at radius 1 is 1.07 bits per heavy atom. The average Bonchev–Trinajstić information content (AvgIpc) is 3.29. The molecule has 6 heteroatoms. The number of carbonyl (C=O) groups is 1. The summed E-state index contributed by atoms with van der Waals surface area (Å²) in [7, 11) is -4.03. The standard InChI is InChI=1S/C22H28O5S/c1-13-6-8-14(9-7-13)28(25,26)22-15(12-18(2,3)17(22)23)16-19(4,24)21(10-11-21)20(22,5)27-16/h6-9,15-16,24H,10-12H2,1-5H3/t15-,16-,19+,20-,22-/m1/s1. The second-order valence-electron chi connectivity index (χ2n) is 10.4. The van der Waals surface area contributed by atoms with Crippen LogP contribution in [0.25, 0.3) is 0 Å². The number of fused-ring (bicyclic) bond motifs is 6. The van der Waals surface area contributed by atoms with E-state index < -0.39 is 48.6 Å². The van der Waals surface area contributed by atoms with Crippen LogP contribution in [0.15, 0.2) is 29.2 Å². The van der Waals surface area contributed by atoms with Crippen molar-refractivity contribution in [3.8, 4) is 0 Å². The molecule has 1 N–H and O–H groups in total. The molecule has 4 fully saturated rings. The van der Waals surface area contributed by atoms with E-state index in [2.05, 4.69) is 0 Å². The second kappa shape index (κ2) is 4.73. The Balaban J connectivity index is 1.83. The van der Waals surface area contributed by atoms with Crippen LogP contribution in [0.1, 0.15) is 52.5 Å². The Morgan fingerprint density at radius 2 is 1.64 bits per heavy atom. The summed E-state index contributed by atoms with van der Waals surface area (Å²) in [5.41, 5.74) is -2.85. The van der Waals surface area contributed by atoms with Crippen molar-refractivity contribution in [1.82, 2.24) is 0 Å². The van der Waals surface area contributed by atoms with Crippen molar-refractivity contribution in [2.75, 3.05) is 0 Å². The van der Waals surface area contributed by atoms with Gasteiger partial charge in [0.05, 0.1) is 16.6 Å². The minimum atomic E-state index is -4.03. The van der Waals surface area contributed by atoms with Crippen molar-refractivity contribution in [3.05, 3.63) is 29.8 Å². The van der Waals surface area contributed by atoms with E-state index in [9.17, 15) is 18.3 Å². The summed E-state index contributed by atoms with van der Waals surface area (Å²) in [5, 5.41) is 11.4. The first kappa shape index (κ1) is 18.8. The lowest BCUT2D eigenvalue weighted by Crippen LogP contribution is -2.71. The number of aryl methyl sites for hydroxylation is 1. The van der Waals surface area contributed by atoms with Crippen LogP contribution in [0.5, 0.6) is 0 Å². The minimum Gasteiger partial charge on any atom is -0.387 e. The molecule has 0 radical (unpaired) electrons. The number of benzene rings is 1. The van der Waals surface area contributed by atoms with Crippen LogP contribution in [0, 0.1) is 23.7 Å². The van der Waals surface area contributed by atoms with Crippen molar-refractivity contribution in [1.29, 1.82) is 0 Å². The van der Waals surface area contributed by atoms with E-state index in [-0.39, 0.29) is 10.7 Å². The van der Waals surface area contributed by atoms with Crippen LogP contribution in [0.2, 0.25) is 0 Å². The van der Waals surface area contributed by atoms with E-state index in [1.54, 1.807) is 38.1 Å². The lowest BCUT2D eigenvalue weighted by molar-refractivity contribution is -0.134. The highest BCUT2D eigenvalue weighted by molar-refractivity contribution is 7.93. The second-order valence-corrected chi connectivity index (χ2v) is 12.5. The number of hydrogen-bond acceptors (Lipinski definition) is 5. The van der Waals surface area contributed by atoms with Crippen molar-refractivity contribution in [2.24, 2.45) is 16.7 Å². The maximum atomic E-state index is 14.2. The van der Waals surface area contributed by atoms with Gasteiger partial charge in [-0.2, -0.15) is 0 Å². The molecule has 4 aliphatic rings.